The second-order valence-corrected chi connectivity index (χ2v) is 18.1. The summed E-state index contributed by atoms with van der Waals surface area (Å²) in [5.74, 6) is 0. The normalized spacial score (nSPS) is 13.0. The van der Waals surface area contributed by atoms with E-state index in [9.17, 15) is 0 Å². The standard InChI is InChI=1S/C12H20Br2Si2/c1-15(2,3)11-8-9(13)7-10(14)12(11)16(4,5)6/h7-8H,1-6H3. The van der Waals surface area contributed by atoms with Crippen molar-refractivity contribution in [2.24, 2.45) is 0 Å². The molecule has 0 aliphatic rings. The largest absolute Gasteiger partial charge is 0.0789 e. The van der Waals surface area contributed by atoms with E-state index in [1.54, 1.807) is 10.4 Å². The molecule has 0 unspecified atom stereocenters. The molecule has 0 fully saturated rings. The Morgan fingerprint density at radius 2 is 1.31 bits per heavy atom. The van der Waals surface area contributed by atoms with Crippen molar-refractivity contribution in [2.75, 3.05) is 0 Å². The van der Waals surface area contributed by atoms with Crippen LogP contribution >= 0.6 is 31.9 Å². The summed E-state index contributed by atoms with van der Waals surface area (Å²) >= 11 is 7.37. The van der Waals surface area contributed by atoms with E-state index in [1.165, 1.54) is 8.95 Å². The molecule has 0 saturated carbocycles. The smallest absolute Gasteiger partial charge is 0.0656 e. The molecule has 0 amide bonds. The van der Waals surface area contributed by atoms with E-state index in [-0.39, 0.29) is 0 Å². The fourth-order valence-electron chi connectivity index (χ4n) is 1.93. The molecular formula is C12H20Br2Si2. The summed E-state index contributed by atoms with van der Waals surface area (Å²) in [7, 11) is -2.56. The highest BCUT2D eigenvalue weighted by atomic mass is 79.9. The SMILES string of the molecule is C[Si](C)(C)c1cc(Br)cc(Br)c1[Si](C)(C)C. The molecule has 0 nitrogen and oxygen atoms in total. The van der Waals surface area contributed by atoms with E-state index in [0.29, 0.717) is 0 Å². The fraction of sp³-hybridized carbons (Fsp3) is 0.500. The molecule has 0 aliphatic carbocycles. The third-order valence-electron chi connectivity index (χ3n) is 2.61. The van der Waals surface area contributed by atoms with Gasteiger partial charge in [-0.3, -0.25) is 0 Å². The van der Waals surface area contributed by atoms with Crippen molar-refractivity contribution in [1.82, 2.24) is 0 Å². The van der Waals surface area contributed by atoms with Crippen molar-refractivity contribution in [1.29, 1.82) is 0 Å². The average Bonchev–Trinajstić information content (AvgIpc) is 1.97. The quantitative estimate of drug-likeness (QED) is 0.671. The van der Waals surface area contributed by atoms with Crippen molar-refractivity contribution in [2.45, 2.75) is 39.3 Å². The number of benzene rings is 1. The Hall–Kier alpha value is 0.614. The summed E-state index contributed by atoms with van der Waals surface area (Å²) in [6.45, 7) is 14.5. The second-order valence-electron chi connectivity index (χ2n) is 6.31. The van der Waals surface area contributed by atoms with Gasteiger partial charge < -0.3 is 0 Å². The van der Waals surface area contributed by atoms with Gasteiger partial charge in [-0.25, -0.2) is 0 Å². The van der Waals surface area contributed by atoms with Gasteiger partial charge in [0.1, 0.15) is 0 Å². The van der Waals surface area contributed by atoms with Gasteiger partial charge >= 0.3 is 0 Å². The third-order valence-corrected chi connectivity index (χ3v) is 8.36. The number of hydrogen-bond donors (Lipinski definition) is 0. The Morgan fingerprint density at radius 1 is 0.812 bits per heavy atom. The molecular weight excluding hydrogens is 360 g/mol. The first-order valence-electron chi connectivity index (χ1n) is 5.53. The van der Waals surface area contributed by atoms with E-state index in [1.807, 2.05) is 0 Å². The van der Waals surface area contributed by atoms with E-state index in [0.717, 1.165) is 0 Å². The van der Waals surface area contributed by atoms with Crippen molar-refractivity contribution in [3.8, 4) is 0 Å². The topological polar surface area (TPSA) is 0 Å². The lowest BCUT2D eigenvalue weighted by atomic mass is 10.4. The zero-order valence-corrected chi connectivity index (χ0v) is 16.1. The van der Waals surface area contributed by atoms with Crippen LogP contribution in [0.4, 0.5) is 0 Å². The van der Waals surface area contributed by atoms with Gasteiger partial charge in [0.15, 0.2) is 0 Å². The van der Waals surface area contributed by atoms with Gasteiger partial charge in [-0.1, -0.05) is 76.3 Å². The average molecular weight is 380 g/mol. The summed E-state index contributed by atoms with van der Waals surface area (Å²) in [4.78, 5) is 0. The van der Waals surface area contributed by atoms with E-state index < -0.39 is 16.1 Å². The van der Waals surface area contributed by atoms with Crippen LogP contribution in [0, 0.1) is 0 Å². The molecule has 0 saturated heterocycles. The van der Waals surface area contributed by atoms with Gasteiger partial charge in [-0.2, -0.15) is 0 Å². The molecule has 16 heavy (non-hydrogen) atoms. The summed E-state index contributed by atoms with van der Waals surface area (Å²) < 4.78 is 2.48. The van der Waals surface area contributed by atoms with Crippen LogP contribution < -0.4 is 10.4 Å². The molecule has 0 N–H and O–H groups in total. The maximum atomic E-state index is 3.75. The van der Waals surface area contributed by atoms with Crippen LogP contribution in [0.2, 0.25) is 39.3 Å². The Bertz CT molecular complexity index is 401. The first-order valence-corrected chi connectivity index (χ1v) is 14.1. The lowest BCUT2D eigenvalue weighted by Crippen LogP contribution is -2.56. The minimum Gasteiger partial charge on any atom is -0.0656 e. The maximum absolute atomic E-state index is 3.75. The zero-order chi connectivity index (χ0) is 12.7. The fourth-order valence-corrected chi connectivity index (χ4v) is 10.7. The predicted molar refractivity (Wildman–Crippen MR) is 87.8 cm³/mol. The summed E-state index contributed by atoms with van der Waals surface area (Å²) in [5.41, 5.74) is 0. The van der Waals surface area contributed by atoms with Crippen LogP contribution in [-0.4, -0.2) is 16.1 Å². The maximum Gasteiger partial charge on any atom is 0.0789 e. The molecule has 1 rings (SSSR count). The van der Waals surface area contributed by atoms with Crippen molar-refractivity contribution < 1.29 is 0 Å². The third kappa shape index (κ3) is 3.31. The van der Waals surface area contributed by atoms with Crippen LogP contribution in [-0.2, 0) is 0 Å². The molecule has 1 aromatic rings. The summed E-state index contributed by atoms with van der Waals surface area (Å²) in [5, 5.41) is 3.21. The molecule has 0 atom stereocenters. The highest BCUT2D eigenvalue weighted by molar-refractivity contribution is 9.11. The van der Waals surface area contributed by atoms with Crippen LogP contribution in [0.3, 0.4) is 0 Å². The molecule has 90 valence electrons. The molecule has 0 radical (unpaired) electrons. The first kappa shape index (κ1) is 14.7. The Kier molecular flexibility index (Phi) is 4.32. The van der Waals surface area contributed by atoms with Crippen LogP contribution in [0.1, 0.15) is 0 Å². The van der Waals surface area contributed by atoms with Gasteiger partial charge in [-0.05, 0) is 17.3 Å². The molecule has 4 heteroatoms. The molecule has 0 spiro atoms. The first-order chi connectivity index (χ1) is 7.03. The lowest BCUT2D eigenvalue weighted by molar-refractivity contribution is 1.60. The number of hydrogen-bond acceptors (Lipinski definition) is 0. The van der Waals surface area contributed by atoms with Crippen LogP contribution in [0.25, 0.3) is 0 Å². The van der Waals surface area contributed by atoms with Gasteiger partial charge in [0, 0.05) is 8.95 Å². The van der Waals surface area contributed by atoms with E-state index in [4.69, 9.17) is 0 Å². The highest BCUT2D eigenvalue weighted by Gasteiger charge is 2.29. The van der Waals surface area contributed by atoms with Crippen molar-refractivity contribution >= 4 is 58.4 Å². The Morgan fingerprint density at radius 3 is 1.69 bits per heavy atom. The Labute approximate surface area is 118 Å². The van der Waals surface area contributed by atoms with Gasteiger partial charge in [-0.15, -0.1) is 0 Å². The van der Waals surface area contributed by atoms with Crippen molar-refractivity contribution in [3.05, 3.63) is 21.1 Å². The van der Waals surface area contributed by atoms with Gasteiger partial charge in [0.25, 0.3) is 0 Å². The highest BCUT2D eigenvalue weighted by Crippen LogP contribution is 2.20. The Balaban J connectivity index is 3.58. The molecule has 0 heterocycles. The molecule has 0 aliphatic heterocycles. The number of halogens is 2. The monoisotopic (exact) mass is 378 g/mol. The summed E-state index contributed by atoms with van der Waals surface area (Å²) in [6.07, 6.45) is 0. The van der Waals surface area contributed by atoms with Crippen molar-refractivity contribution in [3.63, 3.8) is 0 Å². The predicted octanol–water partition coefficient (Wildman–Crippen LogP) is 4.30. The molecule has 1 aromatic carbocycles. The van der Waals surface area contributed by atoms with Gasteiger partial charge in [0.2, 0.25) is 0 Å². The minimum atomic E-state index is -1.29. The van der Waals surface area contributed by atoms with Crippen LogP contribution in [0.15, 0.2) is 21.1 Å². The van der Waals surface area contributed by atoms with Crippen LogP contribution in [0.5, 0.6) is 0 Å². The van der Waals surface area contributed by atoms with E-state index >= 15 is 0 Å². The second kappa shape index (κ2) is 4.71. The number of rotatable bonds is 2. The molecule has 0 bridgehead atoms. The summed E-state index contributed by atoms with van der Waals surface area (Å²) in [6, 6.07) is 4.53. The minimum absolute atomic E-state index is 1.19. The zero-order valence-electron chi connectivity index (χ0n) is 10.9. The molecule has 0 aromatic heterocycles. The lowest BCUT2D eigenvalue weighted by Gasteiger charge is -2.29. The van der Waals surface area contributed by atoms with Gasteiger partial charge in [0.05, 0.1) is 16.1 Å². The van der Waals surface area contributed by atoms with E-state index in [2.05, 4.69) is 83.3 Å².